The summed E-state index contributed by atoms with van der Waals surface area (Å²) in [6.07, 6.45) is -3.65. The molecule has 1 aliphatic rings. The van der Waals surface area contributed by atoms with E-state index in [1.807, 2.05) is 6.92 Å². The second-order valence-electron chi connectivity index (χ2n) is 6.00. The van der Waals surface area contributed by atoms with E-state index < -0.39 is 18.1 Å². The molecule has 1 fully saturated rings. The van der Waals surface area contributed by atoms with Gasteiger partial charge < -0.3 is 4.74 Å². The number of hydrogen-bond donors (Lipinski definition) is 1. The molecule has 25 heavy (non-hydrogen) atoms. The minimum Gasteiger partial charge on any atom is -0.494 e. The number of amides is 1. The first-order valence-electron chi connectivity index (χ1n) is 8.18. The molecule has 0 aliphatic carbocycles. The van der Waals surface area contributed by atoms with E-state index in [0.29, 0.717) is 23.1 Å². The molecule has 1 aliphatic heterocycles. The molecule has 1 unspecified atom stereocenters. The van der Waals surface area contributed by atoms with Gasteiger partial charge in [0.2, 0.25) is 5.91 Å². The molecular weight excluding hydrogens is 333 g/mol. The Hall–Kier alpha value is -2.28. The monoisotopic (exact) mass is 352 g/mol. The van der Waals surface area contributed by atoms with Crippen molar-refractivity contribution in [3.8, 4) is 5.75 Å². The largest absolute Gasteiger partial charge is 0.494 e. The van der Waals surface area contributed by atoms with Crippen LogP contribution in [0.3, 0.4) is 0 Å². The summed E-state index contributed by atoms with van der Waals surface area (Å²) in [7, 11) is 0. The van der Waals surface area contributed by atoms with E-state index in [2.05, 4.69) is 5.43 Å². The highest BCUT2D eigenvalue weighted by molar-refractivity contribution is 5.87. The fourth-order valence-electron chi connectivity index (χ4n) is 3.03. The Balaban J connectivity index is 2.08. The molecule has 1 amide bonds. The Kier molecular flexibility index (Phi) is 4.85. The molecule has 1 N–H and O–H groups in total. The van der Waals surface area contributed by atoms with E-state index >= 15 is 0 Å². The van der Waals surface area contributed by atoms with Crippen LogP contribution in [0.15, 0.2) is 36.4 Å². The van der Waals surface area contributed by atoms with Gasteiger partial charge in [-0.15, -0.1) is 0 Å². The molecule has 1 heterocycles. The van der Waals surface area contributed by atoms with Gasteiger partial charge in [0.05, 0.1) is 6.61 Å². The van der Waals surface area contributed by atoms with E-state index in [4.69, 9.17) is 4.74 Å². The molecule has 3 rings (SSSR count). The third-order valence-corrected chi connectivity index (χ3v) is 4.12. The Bertz CT molecular complexity index is 776. The van der Waals surface area contributed by atoms with Crippen molar-refractivity contribution in [3.63, 3.8) is 0 Å². The summed E-state index contributed by atoms with van der Waals surface area (Å²) in [6.45, 7) is 2.48. The lowest BCUT2D eigenvalue weighted by molar-refractivity contribution is -0.190. The highest BCUT2D eigenvalue weighted by atomic mass is 19.4. The highest BCUT2D eigenvalue weighted by Crippen LogP contribution is 2.41. The molecule has 0 spiro atoms. The fourth-order valence-corrected chi connectivity index (χ4v) is 3.03. The first-order chi connectivity index (χ1) is 11.9. The molecule has 2 aromatic rings. The zero-order valence-electron chi connectivity index (χ0n) is 13.8. The van der Waals surface area contributed by atoms with Crippen LogP contribution in [0.25, 0.3) is 10.8 Å². The lowest BCUT2D eigenvalue weighted by atomic mass is 9.97. The maximum absolute atomic E-state index is 13.8. The number of carbonyl (C=O) groups excluding carboxylic acids is 1. The molecule has 7 heteroatoms. The van der Waals surface area contributed by atoms with E-state index in [1.165, 1.54) is 6.07 Å². The summed E-state index contributed by atoms with van der Waals surface area (Å²) in [6, 6.07) is 8.05. The van der Waals surface area contributed by atoms with Gasteiger partial charge in [-0.25, -0.2) is 5.01 Å². The van der Waals surface area contributed by atoms with Crippen LogP contribution in [0.4, 0.5) is 13.2 Å². The number of benzene rings is 2. The van der Waals surface area contributed by atoms with E-state index in [1.54, 1.807) is 30.3 Å². The number of nitrogens with one attached hydrogen (secondary N) is 1. The number of fused-ring (bicyclic) bond motifs is 1. The van der Waals surface area contributed by atoms with E-state index in [9.17, 15) is 18.0 Å². The van der Waals surface area contributed by atoms with Crippen molar-refractivity contribution in [3.05, 3.63) is 42.0 Å². The molecule has 0 bridgehead atoms. The van der Waals surface area contributed by atoms with E-state index in [0.717, 1.165) is 11.4 Å². The average Bonchev–Trinajstić information content (AvgIpc) is 2.98. The van der Waals surface area contributed by atoms with Crippen molar-refractivity contribution >= 4 is 16.7 Å². The molecule has 1 saturated heterocycles. The van der Waals surface area contributed by atoms with Crippen LogP contribution < -0.4 is 10.2 Å². The molecule has 0 saturated carbocycles. The van der Waals surface area contributed by atoms with Gasteiger partial charge in [-0.1, -0.05) is 31.2 Å². The first kappa shape index (κ1) is 17.5. The number of carbonyl (C=O) groups is 1. The first-order valence-corrected chi connectivity index (χ1v) is 8.18. The van der Waals surface area contributed by atoms with Gasteiger partial charge >= 0.3 is 6.18 Å². The van der Waals surface area contributed by atoms with Crippen LogP contribution in [0, 0.1) is 0 Å². The molecule has 0 aromatic heterocycles. The van der Waals surface area contributed by atoms with Crippen LogP contribution in [0.2, 0.25) is 0 Å². The SMILES string of the molecule is CCCOc1ccc2cccc(C(N3CCC(=O)N3)C(F)(F)F)c2c1. The van der Waals surface area contributed by atoms with Crippen LogP contribution in [0.1, 0.15) is 31.4 Å². The topological polar surface area (TPSA) is 41.6 Å². The Morgan fingerprint density at radius 1 is 1.28 bits per heavy atom. The number of nitrogens with zero attached hydrogens (tertiary/aromatic N) is 1. The minimum absolute atomic E-state index is 0.0193. The summed E-state index contributed by atoms with van der Waals surface area (Å²) < 4.78 is 46.9. The van der Waals surface area contributed by atoms with Crippen molar-refractivity contribution < 1.29 is 22.7 Å². The zero-order valence-corrected chi connectivity index (χ0v) is 13.8. The van der Waals surface area contributed by atoms with Gasteiger partial charge in [0.15, 0.2) is 6.04 Å². The molecule has 134 valence electrons. The number of rotatable bonds is 5. The normalized spacial score (nSPS) is 16.9. The number of alkyl halides is 3. The quantitative estimate of drug-likeness (QED) is 0.885. The molecule has 1 atom stereocenters. The Morgan fingerprint density at radius 3 is 2.72 bits per heavy atom. The minimum atomic E-state index is -4.52. The number of hydrogen-bond acceptors (Lipinski definition) is 3. The maximum Gasteiger partial charge on any atom is 0.409 e. The fraction of sp³-hybridized carbons (Fsp3) is 0.389. The highest BCUT2D eigenvalue weighted by Gasteiger charge is 2.47. The summed E-state index contributed by atoms with van der Waals surface area (Å²) in [5.74, 6) is 0.134. The second kappa shape index (κ2) is 6.92. The van der Waals surface area contributed by atoms with Crippen molar-refractivity contribution in [1.82, 2.24) is 10.4 Å². The van der Waals surface area contributed by atoms with Crippen molar-refractivity contribution in [1.29, 1.82) is 0 Å². The van der Waals surface area contributed by atoms with Crippen LogP contribution >= 0.6 is 0 Å². The molecule has 4 nitrogen and oxygen atoms in total. The Labute approximate surface area is 143 Å². The van der Waals surface area contributed by atoms with Gasteiger partial charge in [-0.2, -0.15) is 13.2 Å². The third kappa shape index (κ3) is 3.71. The number of ether oxygens (including phenoxy) is 1. The van der Waals surface area contributed by atoms with Gasteiger partial charge in [-0.05, 0) is 34.9 Å². The van der Waals surface area contributed by atoms with Crippen molar-refractivity contribution in [2.24, 2.45) is 0 Å². The predicted molar refractivity (Wildman–Crippen MR) is 88.0 cm³/mol. The zero-order chi connectivity index (χ0) is 18.0. The number of hydrazine groups is 1. The van der Waals surface area contributed by atoms with Crippen LogP contribution in [0.5, 0.6) is 5.75 Å². The number of halogens is 3. The van der Waals surface area contributed by atoms with Crippen LogP contribution in [-0.4, -0.2) is 30.2 Å². The summed E-state index contributed by atoms with van der Waals surface area (Å²) in [4.78, 5) is 11.4. The predicted octanol–water partition coefficient (Wildman–Crippen LogP) is 3.97. The summed E-state index contributed by atoms with van der Waals surface area (Å²) in [5, 5.41) is 2.14. The smallest absolute Gasteiger partial charge is 0.409 e. The molecule has 0 radical (unpaired) electrons. The second-order valence-corrected chi connectivity index (χ2v) is 6.00. The van der Waals surface area contributed by atoms with Gasteiger partial charge in [0.1, 0.15) is 5.75 Å². The molecular formula is C18H19F3N2O2. The molecule has 2 aromatic carbocycles. The van der Waals surface area contributed by atoms with Crippen molar-refractivity contribution in [2.75, 3.05) is 13.2 Å². The van der Waals surface area contributed by atoms with E-state index in [-0.39, 0.29) is 18.5 Å². The van der Waals surface area contributed by atoms with Gasteiger partial charge in [0, 0.05) is 13.0 Å². The average molecular weight is 352 g/mol. The summed E-state index contributed by atoms with van der Waals surface area (Å²) in [5.41, 5.74) is 2.42. The third-order valence-electron chi connectivity index (χ3n) is 4.12. The van der Waals surface area contributed by atoms with Crippen molar-refractivity contribution in [2.45, 2.75) is 32.0 Å². The maximum atomic E-state index is 13.8. The lowest BCUT2D eigenvalue weighted by Gasteiger charge is -2.30. The lowest BCUT2D eigenvalue weighted by Crippen LogP contribution is -2.43. The van der Waals surface area contributed by atoms with Gasteiger partial charge in [0.25, 0.3) is 0 Å². The standard InChI is InChI=1S/C18H19F3N2O2/c1-2-10-25-13-7-6-12-4-3-5-14(15(12)11-13)17(18(19,20)21)23-9-8-16(24)22-23/h3-7,11,17H,2,8-10H2,1H3,(H,22,24). The van der Waals surface area contributed by atoms with Gasteiger partial charge in [-0.3, -0.25) is 10.2 Å². The van der Waals surface area contributed by atoms with Crippen LogP contribution in [-0.2, 0) is 4.79 Å². The summed E-state index contributed by atoms with van der Waals surface area (Å²) >= 11 is 0. The Morgan fingerprint density at radius 2 is 2.08 bits per heavy atom.